The first-order valence-electron chi connectivity index (χ1n) is 6.16. The van der Waals surface area contributed by atoms with Gasteiger partial charge in [0.2, 0.25) is 0 Å². The molecule has 2 aromatic carbocycles. The average molecular weight is 253 g/mol. The molecule has 0 saturated carbocycles. The normalized spacial score (nSPS) is 10.8. The lowest BCUT2D eigenvalue weighted by Gasteiger charge is -2.05. The highest BCUT2D eigenvalue weighted by molar-refractivity contribution is 5.76. The van der Waals surface area contributed by atoms with Gasteiger partial charge in [-0.25, -0.2) is 0 Å². The first kappa shape index (κ1) is 11.7. The van der Waals surface area contributed by atoms with Crippen molar-refractivity contribution < 1.29 is 4.74 Å². The predicted octanol–water partition coefficient (Wildman–Crippen LogP) is 2.82. The van der Waals surface area contributed by atoms with E-state index < -0.39 is 0 Å². The van der Waals surface area contributed by atoms with E-state index in [0.717, 1.165) is 22.3 Å². The van der Waals surface area contributed by atoms with Crippen LogP contribution in [0.4, 0.5) is 0 Å². The second-order valence-electron chi connectivity index (χ2n) is 4.39. The van der Waals surface area contributed by atoms with E-state index in [4.69, 9.17) is 10.5 Å². The zero-order valence-corrected chi connectivity index (χ0v) is 10.7. The summed E-state index contributed by atoms with van der Waals surface area (Å²) in [5.74, 6) is 0.760. The molecule has 96 valence electrons. The van der Waals surface area contributed by atoms with Crippen LogP contribution in [0.1, 0.15) is 5.56 Å². The SMILES string of the molecule is Cn1c(Oc2ccc(CN)cc2)nc2ccccc21. The second kappa shape index (κ2) is 4.74. The molecule has 0 spiro atoms. The van der Waals surface area contributed by atoms with Crippen LogP contribution in [0.15, 0.2) is 48.5 Å². The standard InChI is InChI=1S/C15H15N3O/c1-18-14-5-3-2-4-13(14)17-15(18)19-12-8-6-11(10-16)7-9-12/h2-9H,10,16H2,1H3. The van der Waals surface area contributed by atoms with Crippen molar-refractivity contribution in [3.8, 4) is 11.8 Å². The molecule has 0 atom stereocenters. The van der Waals surface area contributed by atoms with Gasteiger partial charge in [-0.15, -0.1) is 0 Å². The van der Waals surface area contributed by atoms with Crippen LogP contribution in [0.2, 0.25) is 0 Å². The van der Waals surface area contributed by atoms with Gasteiger partial charge in [-0.3, -0.25) is 4.57 Å². The molecular formula is C15H15N3O. The van der Waals surface area contributed by atoms with Crippen LogP contribution < -0.4 is 10.5 Å². The molecule has 3 aromatic rings. The summed E-state index contributed by atoms with van der Waals surface area (Å²) < 4.78 is 7.74. The first-order chi connectivity index (χ1) is 9.28. The topological polar surface area (TPSA) is 53.1 Å². The summed E-state index contributed by atoms with van der Waals surface area (Å²) in [5, 5.41) is 0. The van der Waals surface area contributed by atoms with Crippen LogP contribution in [-0.4, -0.2) is 9.55 Å². The third kappa shape index (κ3) is 2.18. The van der Waals surface area contributed by atoms with Crippen LogP contribution in [-0.2, 0) is 13.6 Å². The highest BCUT2D eigenvalue weighted by atomic mass is 16.5. The number of hydrogen-bond acceptors (Lipinski definition) is 3. The van der Waals surface area contributed by atoms with E-state index in [1.165, 1.54) is 0 Å². The van der Waals surface area contributed by atoms with Crippen molar-refractivity contribution >= 4 is 11.0 Å². The van der Waals surface area contributed by atoms with Gasteiger partial charge < -0.3 is 10.5 Å². The smallest absolute Gasteiger partial charge is 0.302 e. The van der Waals surface area contributed by atoms with Crippen LogP contribution in [0.3, 0.4) is 0 Å². The molecule has 4 heteroatoms. The monoisotopic (exact) mass is 253 g/mol. The number of aryl methyl sites for hydroxylation is 1. The molecule has 0 amide bonds. The number of benzene rings is 2. The Balaban J connectivity index is 1.94. The Hall–Kier alpha value is -2.33. The van der Waals surface area contributed by atoms with Gasteiger partial charge in [-0.2, -0.15) is 4.98 Å². The molecule has 0 radical (unpaired) electrons. The zero-order valence-electron chi connectivity index (χ0n) is 10.7. The van der Waals surface area contributed by atoms with Gasteiger partial charge >= 0.3 is 6.01 Å². The van der Waals surface area contributed by atoms with Crippen LogP contribution in [0.25, 0.3) is 11.0 Å². The summed E-state index contributed by atoms with van der Waals surface area (Å²) in [4.78, 5) is 4.47. The highest BCUT2D eigenvalue weighted by Gasteiger charge is 2.08. The molecule has 4 nitrogen and oxygen atoms in total. The summed E-state index contributed by atoms with van der Waals surface area (Å²) in [5.41, 5.74) is 8.63. The molecule has 3 rings (SSSR count). The second-order valence-corrected chi connectivity index (χ2v) is 4.39. The lowest BCUT2D eigenvalue weighted by atomic mass is 10.2. The number of hydrogen-bond donors (Lipinski definition) is 1. The quantitative estimate of drug-likeness (QED) is 0.781. The molecule has 0 saturated heterocycles. The van der Waals surface area contributed by atoms with Crippen molar-refractivity contribution in [2.75, 3.05) is 0 Å². The van der Waals surface area contributed by atoms with Gasteiger partial charge in [0, 0.05) is 13.6 Å². The van der Waals surface area contributed by atoms with Gasteiger partial charge in [-0.05, 0) is 29.8 Å². The number of fused-ring (bicyclic) bond motifs is 1. The maximum absolute atomic E-state index is 5.80. The molecule has 0 unspecified atom stereocenters. The van der Waals surface area contributed by atoms with Gasteiger partial charge in [0.25, 0.3) is 0 Å². The minimum Gasteiger partial charge on any atom is -0.426 e. The molecule has 0 fully saturated rings. The van der Waals surface area contributed by atoms with E-state index in [1.807, 2.05) is 60.1 Å². The molecule has 0 aliphatic carbocycles. The fourth-order valence-corrected chi connectivity index (χ4v) is 2.01. The average Bonchev–Trinajstić information content (AvgIpc) is 2.77. The van der Waals surface area contributed by atoms with Crippen LogP contribution in [0, 0.1) is 0 Å². The summed E-state index contributed by atoms with van der Waals surface area (Å²) in [6.45, 7) is 0.534. The van der Waals surface area contributed by atoms with E-state index in [1.54, 1.807) is 0 Å². The largest absolute Gasteiger partial charge is 0.426 e. The maximum atomic E-state index is 5.80. The Morgan fingerprint density at radius 1 is 1.11 bits per heavy atom. The fraction of sp³-hybridized carbons (Fsp3) is 0.133. The molecule has 0 aliphatic rings. The van der Waals surface area contributed by atoms with E-state index >= 15 is 0 Å². The number of para-hydroxylation sites is 2. The lowest BCUT2D eigenvalue weighted by molar-refractivity contribution is 0.427. The van der Waals surface area contributed by atoms with E-state index in [2.05, 4.69) is 4.98 Å². The number of imidazole rings is 1. The highest BCUT2D eigenvalue weighted by Crippen LogP contribution is 2.24. The van der Waals surface area contributed by atoms with Crippen molar-refractivity contribution in [1.82, 2.24) is 9.55 Å². The van der Waals surface area contributed by atoms with E-state index in [0.29, 0.717) is 12.6 Å². The molecule has 19 heavy (non-hydrogen) atoms. The van der Waals surface area contributed by atoms with Gasteiger partial charge in [0.1, 0.15) is 5.75 Å². The Kier molecular flexibility index (Phi) is 2.93. The Morgan fingerprint density at radius 3 is 2.53 bits per heavy atom. The summed E-state index contributed by atoms with van der Waals surface area (Å²) in [6, 6.07) is 16.3. The van der Waals surface area contributed by atoms with Crippen molar-refractivity contribution in [3.63, 3.8) is 0 Å². The number of aromatic nitrogens is 2. The minimum atomic E-state index is 0.534. The number of rotatable bonds is 3. The summed E-state index contributed by atoms with van der Waals surface area (Å²) >= 11 is 0. The molecule has 0 aliphatic heterocycles. The molecule has 1 aromatic heterocycles. The van der Waals surface area contributed by atoms with Crippen molar-refractivity contribution in [2.24, 2.45) is 12.8 Å². The third-order valence-corrected chi connectivity index (χ3v) is 3.11. The number of nitrogens with zero attached hydrogens (tertiary/aromatic N) is 2. The lowest BCUT2D eigenvalue weighted by Crippen LogP contribution is -1.97. The number of ether oxygens (including phenoxy) is 1. The molecule has 0 bridgehead atoms. The first-order valence-corrected chi connectivity index (χ1v) is 6.16. The van der Waals surface area contributed by atoms with Crippen molar-refractivity contribution in [1.29, 1.82) is 0 Å². The third-order valence-electron chi connectivity index (χ3n) is 3.11. The summed E-state index contributed by atoms with van der Waals surface area (Å²) in [6.07, 6.45) is 0. The minimum absolute atomic E-state index is 0.534. The zero-order chi connectivity index (χ0) is 13.2. The Bertz CT molecular complexity index is 701. The van der Waals surface area contributed by atoms with Crippen molar-refractivity contribution in [2.45, 2.75) is 6.54 Å². The maximum Gasteiger partial charge on any atom is 0.302 e. The Labute approximate surface area is 111 Å². The molecular weight excluding hydrogens is 238 g/mol. The van der Waals surface area contributed by atoms with Gasteiger partial charge in [0.05, 0.1) is 11.0 Å². The van der Waals surface area contributed by atoms with Crippen LogP contribution >= 0.6 is 0 Å². The number of nitrogens with two attached hydrogens (primary N) is 1. The predicted molar refractivity (Wildman–Crippen MR) is 75.1 cm³/mol. The molecule has 2 N–H and O–H groups in total. The fourth-order valence-electron chi connectivity index (χ4n) is 2.01. The van der Waals surface area contributed by atoms with Gasteiger partial charge in [0.15, 0.2) is 0 Å². The van der Waals surface area contributed by atoms with Gasteiger partial charge in [-0.1, -0.05) is 24.3 Å². The molecule has 1 heterocycles. The summed E-state index contributed by atoms with van der Waals surface area (Å²) in [7, 11) is 1.94. The van der Waals surface area contributed by atoms with E-state index in [9.17, 15) is 0 Å². The Morgan fingerprint density at radius 2 is 1.84 bits per heavy atom. The van der Waals surface area contributed by atoms with Crippen molar-refractivity contribution in [3.05, 3.63) is 54.1 Å². The van der Waals surface area contributed by atoms with E-state index in [-0.39, 0.29) is 0 Å². The van der Waals surface area contributed by atoms with Crippen LogP contribution in [0.5, 0.6) is 11.8 Å².